The molecule has 0 amide bonds. The Morgan fingerprint density at radius 3 is 3.00 bits per heavy atom. The van der Waals surface area contributed by atoms with Crippen LogP contribution in [0.2, 0.25) is 0 Å². The molecule has 2 aromatic heterocycles. The number of aromatic nitrogens is 4. The van der Waals surface area contributed by atoms with Crippen molar-refractivity contribution in [3.63, 3.8) is 0 Å². The molecular weight excluding hydrogens is 282 g/mol. The van der Waals surface area contributed by atoms with Crippen LogP contribution in [0.5, 0.6) is 5.88 Å². The van der Waals surface area contributed by atoms with Gasteiger partial charge in [0.2, 0.25) is 11.8 Å². The minimum Gasteiger partial charge on any atom is -0.481 e. The standard InChI is InChI=1S/C15H21N5O2/c1-10(2)6-13-18-14(22-19-13)8-20-5-4-12-11(7-20)15(21-3)17-9-16-12/h9-10H,4-8H2,1-3H3. The molecule has 0 radical (unpaired) electrons. The summed E-state index contributed by atoms with van der Waals surface area (Å²) in [5.74, 6) is 2.62. The lowest BCUT2D eigenvalue weighted by Crippen LogP contribution is -2.31. The van der Waals surface area contributed by atoms with E-state index >= 15 is 0 Å². The molecule has 0 unspecified atom stereocenters. The summed E-state index contributed by atoms with van der Waals surface area (Å²) in [6, 6.07) is 0. The van der Waals surface area contributed by atoms with Gasteiger partial charge in [0.1, 0.15) is 6.33 Å². The molecule has 0 spiro atoms. The first-order valence-electron chi connectivity index (χ1n) is 7.56. The molecule has 1 aliphatic heterocycles. The molecule has 22 heavy (non-hydrogen) atoms. The second-order valence-corrected chi connectivity index (χ2v) is 5.97. The summed E-state index contributed by atoms with van der Waals surface area (Å²) in [5.41, 5.74) is 2.12. The van der Waals surface area contributed by atoms with Crippen molar-refractivity contribution in [3.8, 4) is 5.88 Å². The van der Waals surface area contributed by atoms with Crippen LogP contribution in [0.1, 0.15) is 36.8 Å². The smallest absolute Gasteiger partial charge is 0.240 e. The summed E-state index contributed by atoms with van der Waals surface area (Å²) in [4.78, 5) is 15.2. The van der Waals surface area contributed by atoms with Gasteiger partial charge in [0, 0.05) is 31.5 Å². The number of ether oxygens (including phenoxy) is 1. The Hall–Kier alpha value is -2.02. The molecule has 7 heteroatoms. The number of nitrogens with zero attached hydrogens (tertiary/aromatic N) is 5. The maximum atomic E-state index is 5.35. The van der Waals surface area contributed by atoms with Crippen molar-refractivity contribution in [1.29, 1.82) is 0 Å². The number of fused-ring (bicyclic) bond motifs is 1. The Kier molecular flexibility index (Phi) is 4.33. The summed E-state index contributed by atoms with van der Waals surface area (Å²) < 4.78 is 10.7. The highest BCUT2D eigenvalue weighted by Crippen LogP contribution is 2.25. The SMILES string of the molecule is COc1ncnc2c1CN(Cc1nc(CC(C)C)no1)CC2. The van der Waals surface area contributed by atoms with Crippen LogP contribution in [0.25, 0.3) is 0 Å². The third kappa shape index (κ3) is 3.24. The van der Waals surface area contributed by atoms with Crippen LogP contribution >= 0.6 is 0 Å². The second kappa shape index (κ2) is 6.39. The van der Waals surface area contributed by atoms with Crippen LogP contribution in [0.4, 0.5) is 0 Å². The first-order chi connectivity index (χ1) is 10.7. The number of methoxy groups -OCH3 is 1. The summed E-state index contributed by atoms with van der Waals surface area (Å²) in [6.07, 6.45) is 3.28. The molecule has 0 aliphatic carbocycles. The van der Waals surface area contributed by atoms with Gasteiger partial charge < -0.3 is 9.26 Å². The van der Waals surface area contributed by atoms with E-state index in [1.54, 1.807) is 13.4 Å². The number of hydrogen-bond acceptors (Lipinski definition) is 7. The van der Waals surface area contributed by atoms with Gasteiger partial charge in [-0.3, -0.25) is 4.90 Å². The monoisotopic (exact) mass is 303 g/mol. The average Bonchev–Trinajstić information content (AvgIpc) is 2.92. The van der Waals surface area contributed by atoms with Gasteiger partial charge in [0.05, 0.1) is 19.3 Å². The molecule has 7 nitrogen and oxygen atoms in total. The lowest BCUT2D eigenvalue weighted by molar-refractivity contribution is 0.204. The predicted octanol–water partition coefficient (Wildman–Crippen LogP) is 1.62. The minimum atomic E-state index is 0.522. The highest BCUT2D eigenvalue weighted by molar-refractivity contribution is 5.31. The van der Waals surface area contributed by atoms with Gasteiger partial charge >= 0.3 is 0 Å². The van der Waals surface area contributed by atoms with E-state index in [0.29, 0.717) is 24.2 Å². The Balaban J connectivity index is 1.68. The Labute approximate surface area is 129 Å². The molecule has 0 N–H and O–H groups in total. The Morgan fingerprint density at radius 1 is 1.36 bits per heavy atom. The fourth-order valence-corrected chi connectivity index (χ4v) is 2.68. The van der Waals surface area contributed by atoms with E-state index in [2.05, 4.69) is 38.9 Å². The summed E-state index contributed by atoms with van der Waals surface area (Å²) in [5, 5.41) is 4.04. The first-order valence-corrected chi connectivity index (χ1v) is 7.56. The van der Waals surface area contributed by atoms with Crippen molar-refractivity contribution in [3.05, 3.63) is 29.3 Å². The van der Waals surface area contributed by atoms with E-state index in [4.69, 9.17) is 9.26 Å². The molecular formula is C15H21N5O2. The van der Waals surface area contributed by atoms with Crippen LogP contribution in [0.15, 0.2) is 10.9 Å². The quantitative estimate of drug-likeness (QED) is 0.830. The molecule has 0 bridgehead atoms. The maximum absolute atomic E-state index is 5.35. The lowest BCUT2D eigenvalue weighted by Gasteiger charge is -2.27. The zero-order valence-corrected chi connectivity index (χ0v) is 13.2. The molecule has 0 saturated carbocycles. The topological polar surface area (TPSA) is 77.2 Å². The van der Waals surface area contributed by atoms with Crippen LogP contribution in [0, 0.1) is 5.92 Å². The first kappa shape index (κ1) is 14.9. The van der Waals surface area contributed by atoms with Crippen molar-refractivity contribution in [2.45, 2.75) is 39.8 Å². The predicted molar refractivity (Wildman–Crippen MR) is 79.2 cm³/mol. The highest BCUT2D eigenvalue weighted by atomic mass is 16.5. The largest absolute Gasteiger partial charge is 0.481 e. The van der Waals surface area contributed by atoms with Gasteiger partial charge in [-0.1, -0.05) is 19.0 Å². The van der Waals surface area contributed by atoms with Crippen molar-refractivity contribution in [2.75, 3.05) is 13.7 Å². The molecule has 0 fully saturated rings. The summed E-state index contributed by atoms with van der Waals surface area (Å²) >= 11 is 0. The van der Waals surface area contributed by atoms with Crippen molar-refractivity contribution in [2.24, 2.45) is 5.92 Å². The number of rotatable bonds is 5. The molecule has 118 valence electrons. The van der Waals surface area contributed by atoms with E-state index in [-0.39, 0.29) is 0 Å². The molecule has 2 aromatic rings. The normalized spacial score (nSPS) is 15.1. The van der Waals surface area contributed by atoms with Gasteiger partial charge in [-0.2, -0.15) is 4.98 Å². The molecule has 0 saturated heterocycles. The minimum absolute atomic E-state index is 0.522. The lowest BCUT2D eigenvalue weighted by atomic mass is 10.1. The van der Waals surface area contributed by atoms with E-state index in [9.17, 15) is 0 Å². The van der Waals surface area contributed by atoms with Gasteiger partial charge in [0.25, 0.3) is 0 Å². The Bertz CT molecular complexity index is 626. The van der Waals surface area contributed by atoms with Gasteiger partial charge in [-0.05, 0) is 5.92 Å². The van der Waals surface area contributed by atoms with Gasteiger partial charge in [-0.15, -0.1) is 0 Å². The zero-order chi connectivity index (χ0) is 15.5. The van der Waals surface area contributed by atoms with E-state index in [1.165, 1.54) is 0 Å². The second-order valence-electron chi connectivity index (χ2n) is 5.97. The van der Waals surface area contributed by atoms with Crippen LogP contribution in [-0.2, 0) is 25.9 Å². The Morgan fingerprint density at radius 2 is 2.23 bits per heavy atom. The van der Waals surface area contributed by atoms with E-state index in [0.717, 1.165) is 43.0 Å². The zero-order valence-electron chi connectivity index (χ0n) is 13.2. The molecule has 3 heterocycles. The van der Waals surface area contributed by atoms with Crippen LogP contribution < -0.4 is 4.74 Å². The van der Waals surface area contributed by atoms with E-state index < -0.39 is 0 Å². The van der Waals surface area contributed by atoms with Crippen LogP contribution in [0.3, 0.4) is 0 Å². The average molecular weight is 303 g/mol. The number of hydrogen-bond donors (Lipinski definition) is 0. The molecule has 3 rings (SSSR count). The van der Waals surface area contributed by atoms with Gasteiger partial charge in [-0.25, -0.2) is 9.97 Å². The maximum Gasteiger partial charge on any atom is 0.240 e. The fourth-order valence-electron chi connectivity index (χ4n) is 2.68. The summed E-state index contributed by atoms with van der Waals surface area (Å²) in [6.45, 7) is 6.58. The molecule has 0 atom stereocenters. The van der Waals surface area contributed by atoms with Crippen molar-refractivity contribution >= 4 is 0 Å². The molecule has 0 aromatic carbocycles. The summed E-state index contributed by atoms with van der Waals surface area (Å²) in [7, 11) is 1.64. The van der Waals surface area contributed by atoms with Crippen LogP contribution in [-0.4, -0.2) is 38.7 Å². The van der Waals surface area contributed by atoms with Crippen molar-refractivity contribution < 1.29 is 9.26 Å². The van der Waals surface area contributed by atoms with Crippen molar-refractivity contribution in [1.82, 2.24) is 25.0 Å². The van der Waals surface area contributed by atoms with Gasteiger partial charge in [0.15, 0.2) is 5.82 Å². The van der Waals surface area contributed by atoms with E-state index in [1.807, 2.05) is 0 Å². The third-order valence-electron chi connectivity index (χ3n) is 3.69. The third-order valence-corrected chi connectivity index (χ3v) is 3.69. The fraction of sp³-hybridized carbons (Fsp3) is 0.600. The highest BCUT2D eigenvalue weighted by Gasteiger charge is 2.23. The molecule has 1 aliphatic rings.